The van der Waals surface area contributed by atoms with Crippen LogP contribution in [0.15, 0.2) is 17.0 Å². The number of nitrogens with one attached hydrogen (secondary N) is 1. The lowest BCUT2D eigenvalue weighted by Crippen LogP contribution is -2.28. The number of benzene rings is 1. The van der Waals surface area contributed by atoms with Crippen molar-refractivity contribution in [1.29, 1.82) is 0 Å². The van der Waals surface area contributed by atoms with Gasteiger partial charge in [-0.3, -0.25) is 4.79 Å². The Morgan fingerprint density at radius 1 is 1.42 bits per heavy atom. The van der Waals surface area contributed by atoms with Gasteiger partial charge in [-0.1, -0.05) is 0 Å². The number of primary sulfonamides is 1. The number of hydrogen-bond donors (Lipinski definition) is 2. The lowest BCUT2D eigenvalue weighted by Gasteiger charge is -2.08. The van der Waals surface area contributed by atoms with Crippen LogP contribution >= 0.6 is 0 Å². The first-order valence-corrected chi connectivity index (χ1v) is 6.61. The maximum atomic E-state index is 13.4. The van der Waals surface area contributed by atoms with Crippen molar-refractivity contribution < 1.29 is 26.7 Å². The van der Waals surface area contributed by atoms with Crippen LogP contribution in [0.1, 0.15) is 10.4 Å². The van der Waals surface area contributed by atoms with Gasteiger partial charge in [-0.25, -0.2) is 22.3 Å². The van der Waals surface area contributed by atoms with Gasteiger partial charge in [0.2, 0.25) is 10.0 Å². The molecule has 0 aliphatic carbocycles. The summed E-state index contributed by atoms with van der Waals surface area (Å²) in [5.41, 5.74) is -0.736. The van der Waals surface area contributed by atoms with Crippen LogP contribution < -0.4 is 10.5 Å². The quantitative estimate of drug-likeness (QED) is 0.746. The molecule has 0 spiro atoms. The Labute approximate surface area is 108 Å². The van der Waals surface area contributed by atoms with Crippen LogP contribution in [0, 0.1) is 11.6 Å². The minimum absolute atomic E-state index is 0.0655. The van der Waals surface area contributed by atoms with Crippen molar-refractivity contribution in [2.75, 3.05) is 20.3 Å². The van der Waals surface area contributed by atoms with Gasteiger partial charge in [0.05, 0.1) is 17.1 Å². The predicted molar refractivity (Wildman–Crippen MR) is 61.9 cm³/mol. The number of halogens is 2. The number of rotatable bonds is 5. The van der Waals surface area contributed by atoms with E-state index in [1.54, 1.807) is 0 Å². The summed E-state index contributed by atoms with van der Waals surface area (Å²) < 4.78 is 53.4. The average Bonchev–Trinajstić information content (AvgIpc) is 2.31. The van der Waals surface area contributed by atoms with Crippen LogP contribution in [-0.4, -0.2) is 34.6 Å². The Morgan fingerprint density at radius 2 is 2.05 bits per heavy atom. The zero-order chi connectivity index (χ0) is 14.6. The highest BCUT2D eigenvalue weighted by Crippen LogP contribution is 2.17. The zero-order valence-electron chi connectivity index (χ0n) is 9.94. The third kappa shape index (κ3) is 3.94. The number of carbonyl (C=O) groups is 1. The highest BCUT2D eigenvalue weighted by Gasteiger charge is 2.20. The van der Waals surface area contributed by atoms with E-state index in [1.807, 2.05) is 0 Å². The first-order chi connectivity index (χ1) is 8.77. The van der Waals surface area contributed by atoms with Gasteiger partial charge in [-0.15, -0.1) is 0 Å². The Hall–Kier alpha value is -1.58. The molecule has 0 heterocycles. The van der Waals surface area contributed by atoms with Gasteiger partial charge in [-0.05, 0) is 12.1 Å². The van der Waals surface area contributed by atoms with E-state index in [4.69, 9.17) is 5.14 Å². The summed E-state index contributed by atoms with van der Waals surface area (Å²) in [6, 6.07) is 1.09. The van der Waals surface area contributed by atoms with Crippen molar-refractivity contribution in [2.24, 2.45) is 5.14 Å². The molecular formula is C10H12F2N2O4S. The van der Waals surface area contributed by atoms with Crippen molar-refractivity contribution in [1.82, 2.24) is 5.32 Å². The minimum Gasteiger partial charge on any atom is -0.383 e. The van der Waals surface area contributed by atoms with Crippen LogP contribution in [0.3, 0.4) is 0 Å². The molecule has 3 N–H and O–H groups in total. The molecular weight excluding hydrogens is 282 g/mol. The van der Waals surface area contributed by atoms with Crippen LogP contribution in [0.25, 0.3) is 0 Å². The zero-order valence-corrected chi connectivity index (χ0v) is 10.8. The van der Waals surface area contributed by atoms with Gasteiger partial charge in [0, 0.05) is 13.7 Å². The van der Waals surface area contributed by atoms with Crippen LogP contribution in [0.4, 0.5) is 8.78 Å². The van der Waals surface area contributed by atoms with E-state index in [0.29, 0.717) is 12.1 Å². The highest BCUT2D eigenvalue weighted by molar-refractivity contribution is 7.89. The van der Waals surface area contributed by atoms with E-state index >= 15 is 0 Å². The summed E-state index contributed by atoms with van der Waals surface area (Å²) >= 11 is 0. The van der Waals surface area contributed by atoms with E-state index in [2.05, 4.69) is 10.1 Å². The number of amides is 1. The number of methoxy groups -OCH3 is 1. The molecule has 106 valence electrons. The molecule has 1 rings (SSSR count). The SMILES string of the molecule is COCCNC(=O)c1cc(S(N)(=O)=O)cc(F)c1F. The first-order valence-electron chi connectivity index (χ1n) is 5.06. The minimum atomic E-state index is -4.23. The Morgan fingerprint density at radius 3 is 2.58 bits per heavy atom. The molecule has 0 atom stereocenters. The summed E-state index contributed by atoms with van der Waals surface area (Å²) in [7, 11) is -2.84. The summed E-state index contributed by atoms with van der Waals surface area (Å²) in [6.07, 6.45) is 0. The van der Waals surface area contributed by atoms with Crippen LogP contribution in [0.2, 0.25) is 0 Å². The Balaban J connectivity index is 3.13. The van der Waals surface area contributed by atoms with Gasteiger partial charge >= 0.3 is 0 Å². The predicted octanol–water partition coefficient (Wildman–Crippen LogP) is -0.0116. The van der Waals surface area contributed by atoms with E-state index in [0.717, 1.165) is 0 Å². The maximum absolute atomic E-state index is 13.4. The van der Waals surface area contributed by atoms with Crippen molar-refractivity contribution in [3.63, 3.8) is 0 Å². The molecule has 0 aromatic heterocycles. The monoisotopic (exact) mass is 294 g/mol. The number of ether oxygens (including phenoxy) is 1. The van der Waals surface area contributed by atoms with Gasteiger partial charge in [0.25, 0.3) is 5.91 Å². The fourth-order valence-electron chi connectivity index (χ4n) is 1.26. The van der Waals surface area contributed by atoms with E-state index < -0.39 is 38.0 Å². The maximum Gasteiger partial charge on any atom is 0.254 e. The van der Waals surface area contributed by atoms with Crippen molar-refractivity contribution >= 4 is 15.9 Å². The van der Waals surface area contributed by atoms with Crippen LogP contribution in [-0.2, 0) is 14.8 Å². The van der Waals surface area contributed by atoms with Crippen molar-refractivity contribution in [3.8, 4) is 0 Å². The normalized spacial score (nSPS) is 11.4. The lowest BCUT2D eigenvalue weighted by atomic mass is 10.2. The standard InChI is InChI=1S/C10H12F2N2O4S/c1-18-3-2-14-10(15)7-4-6(19(13,16)17)5-8(11)9(7)12/h4-5H,2-3H2,1H3,(H,14,15)(H2,13,16,17). The topological polar surface area (TPSA) is 98.5 Å². The second-order valence-electron chi connectivity index (χ2n) is 3.56. The third-order valence-electron chi connectivity index (χ3n) is 2.17. The summed E-state index contributed by atoms with van der Waals surface area (Å²) in [4.78, 5) is 10.9. The smallest absolute Gasteiger partial charge is 0.254 e. The molecule has 0 saturated carbocycles. The molecule has 0 saturated heterocycles. The average molecular weight is 294 g/mol. The number of carbonyl (C=O) groups excluding carboxylic acids is 1. The van der Waals surface area contributed by atoms with E-state index in [1.165, 1.54) is 7.11 Å². The molecule has 6 nitrogen and oxygen atoms in total. The molecule has 1 aromatic carbocycles. The second kappa shape index (κ2) is 6.04. The number of sulfonamides is 1. The third-order valence-corrected chi connectivity index (χ3v) is 3.06. The molecule has 0 unspecified atom stereocenters. The van der Waals surface area contributed by atoms with Crippen molar-refractivity contribution in [2.45, 2.75) is 4.90 Å². The summed E-state index contributed by atoms with van der Waals surface area (Å²) in [5, 5.41) is 7.04. The van der Waals surface area contributed by atoms with Gasteiger partial charge in [-0.2, -0.15) is 0 Å². The molecule has 1 aromatic rings. The molecule has 0 aliphatic rings. The Kier molecular flexibility index (Phi) is 4.92. The van der Waals surface area contributed by atoms with E-state index in [9.17, 15) is 22.0 Å². The molecule has 9 heteroatoms. The number of hydrogen-bond acceptors (Lipinski definition) is 4. The van der Waals surface area contributed by atoms with Crippen molar-refractivity contribution in [3.05, 3.63) is 29.3 Å². The molecule has 0 bridgehead atoms. The Bertz CT molecular complexity index is 589. The fourth-order valence-corrected chi connectivity index (χ4v) is 1.81. The largest absolute Gasteiger partial charge is 0.383 e. The summed E-state index contributed by atoms with van der Waals surface area (Å²) in [6.45, 7) is 0.237. The molecule has 19 heavy (non-hydrogen) atoms. The second-order valence-corrected chi connectivity index (χ2v) is 5.12. The number of nitrogens with two attached hydrogens (primary N) is 1. The molecule has 0 fully saturated rings. The van der Waals surface area contributed by atoms with Crippen LogP contribution in [0.5, 0.6) is 0 Å². The molecule has 0 radical (unpaired) electrons. The van der Waals surface area contributed by atoms with Gasteiger partial charge in [0.1, 0.15) is 0 Å². The molecule has 1 amide bonds. The lowest BCUT2D eigenvalue weighted by molar-refractivity contribution is 0.0931. The first kappa shape index (κ1) is 15.5. The van der Waals surface area contributed by atoms with E-state index in [-0.39, 0.29) is 13.2 Å². The van der Waals surface area contributed by atoms with Gasteiger partial charge in [0.15, 0.2) is 11.6 Å². The van der Waals surface area contributed by atoms with Gasteiger partial charge < -0.3 is 10.1 Å². The fraction of sp³-hybridized carbons (Fsp3) is 0.300. The summed E-state index contributed by atoms with van der Waals surface area (Å²) in [5.74, 6) is -3.87. The highest BCUT2D eigenvalue weighted by atomic mass is 32.2. The molecule has 0 aliphatic heterocycles.